The maximum Gasteiger partial charge on any atom is 0.0361 e. The molecule has 0 spiro atoms. The summed E-state index contributed by atoms with van der Waals surface area (Å²) in [5.41, 5.74) is 10.1. The lowest BCUT2D eigenvalue weighted by Gasteiger charge is -2.21. The van der Waals surface area contributed by atoms with E-state index in [2.05, 4.69) is 216 Å². The van der Waals surface area contributed by atoms with Crippen molar-refractivity contribution in [3.8, 4) is 0 Å². The fourth-order valence-corrected chi connectivity index (χ4v) is 9.60. The van der Waals surface area contributed by atoms with Crippen LogP contribution in [0.2, 0.25) is 0 Å². The topological polar surface area (TPSA) is 0 Å². The third kappa shape index (κ3) is 7.24. The van der Waals surface area contributed by atoms with Crippen LogP contribution in [0.5, 0.6) is 0 Å². The van der Waals surface area contributed by atoms with Crippen molar-refractivity contribution >= 4 is 69.8 Å². The van der Waals surface area contributed by atoms with Crippen LogP contribution in [-0.2, 0) is 5.41 Å². The second kappa shape index (κ2) is 16.4. The summed E-state index contributed by atoms with van der Waals surface area (Å²) in [5, 5.41) is 7.73. The van der Waals surface area contributed by atoms with Gasteiger partial charge < -0.3 is 0 Å². The number of rotatable bonds is 6. The minimum absolute atomic E-state index is 0.0641. The van der Waals surface area contributed by atoms with E-state index in [0.717, 1.165) is 30.4 Å². The van der Waals surface area contributed by atoms with Crippen LogP contribution >= 0.6 is 11.3 Å². The minimum Gasteiger partial charge on any atom is -0.135 e. The van der Waals surface area contributed by atoms with Gasteiger partial charge in [0.05, 0.1) is 0 Å². The second-order valence-corrected chi connectivity index (χ2v) is 16.1. The molecule has 0 atom stereocenters. The molecule has 1 heterocycles. The lowest BCUT2D eigenvalue weighted by Crippen LogP contribution is -2.14. The number of hydrogen-bond donors (Lipinski definition) is 0. The van der Waals surface area contributed by atoms with E-state index in [9.17, 15) is 0 Å². The Hall–Kier alpha value is -6.02. The normalized spacial score (nSPS) is 19.4. The lowest BCUT2D eigenvalue weighted by atomic mass is 9.82. The summed E-state index contributed by atoms with van der Waals surface area (Å²) in [6.45, 7) is 11.5. The van der Waals surface area contributed by atoms with Gasteiger partial charge in [0.2, 0.25) is 0 Å². The van der Waals surface area contributed by atoms with Crippen molar-refractivity contribution in [2.45, 2.75) is 45.4 Å². The van der Waals surface area contributed by atoms with E-state index >= 15 is 0 Å². The summed E-state index contributed by atoms with van der Waals surface area (Å²) in [4.78, 5) is 0. The Morgan fingerprint density at radius 2 is 1.46 bits per heavy atom. The fourth-order valence-electron chi connectivity index (χ4n) is 8.47. The molecule has 0 amide bonds. The monoisotopic (exact) mass is 740 g/mol. The van der Waals surface area contributed by atoms with E-state index in [1.54, 1.807) is 0 Å². The molecular weight excluding hydrogens is 693 g/mol. The highest BCUT2D eigenvalue weighted by atomic mass is 32.1. The Bertz CT molecular complexity index is 2810. The predicted molar refractivity (Wildman–Crippen MR) is 250 cm³/mol. The zero-order chi connectivity index (χ0) is 38.5. The Kier molecular flexibility index (Phi) is 10.8. The second-order valence-electron chi connectivity index (χ2n) is 15.0. The summed E-state index contributed by atoms with van der Waals surface area (Å²) >= 11 is 1.89. The van der Waals surface area contributed by atoms with E-state index in [0.29, 0.717) is 0 Å². The molecule has 6 aromatic rings. The van der Waals surface area contributed by atoms with Crippen molar-refractivity contribution < 1.29 is 0 Å². The zero-order valence-corrected chi connectivity index (χ0v) is 33.5. The number of benzene rings is 4. The number of fused-ring (bicyclic) bond motifs is 7. The lowest BCUT2D eigenvalue weighted by molar-refractivity contribution is 0.660. The average Bonchev–Trinajstić information content (AvgIpc) is 3.68. The molecule has 0 fully saturated rings. The Balaban J connectivity index is 1.11. The van der Waals surface area contributed by atoms with E-state index < -0.39 is 0 Å². The predicted octanol–water partition coefficient (Wildman–Crippen LogP) is 16.2. The zero-order valence-electron chi connectivity index (χ0n) is 32.6. The Labute approximate surface area is 336 Å². The van der Waals surface area contributed by atoms with Gasteiger partial charge in [0.1, 0.15) is 0 Å². The van der Waals surface area contributed by atoms with Crippen molar-refractivity contribution in [2.75, 3.05) is 0 Å². The molecule has 0 bridgehead atoms. The molecule has 5 aromatic carbocycles. The van der Waals surface area contributed by atoms with Gasteiger partial charge in [0.15, 0.2) is 0 Å². The van der Waals surface area contributed by atoms with E-state index in [-0.39, 0.29) is 5.41 Å². The summed E-state index contributed by atoms with van der Waals surface area (Å²) in [6, 6.07) is 39.9. The molecule has 2 aliphatic rings. The van der Waals surface area contributed by atoms with Gasteiger partial charge in [0.25, 0.3) is 0 Å². The van der Waals surface area contributed by atoms with Crippen molar-refractivity contribution in [3.05, 3.63) is 223 Å². The van der Waals surface area contributed by atoms with Crippen LogP contribution in [-0.4, -0.2) is 0 Å². The smallest absolute Gasteiger partial charge is 0.0361 e. The van der Waals surface area contributed by atoms with Gasteiger partial charge >= 0.3 is 0 Å². The van der Waals surface area contributed by atoms with E-state index in [1.165, 1.54) is 75.1 Å². The van der Waals surface area contributed by atoms with Crippen LogP contribution in [0.15, 0.2) is 200 Å². The first-order valence-electron chi connectivity index (χ1n) is 19.8. The van der Waals surface area contributed by atoms with Crippen molar-refractivity contribution in [1.29, 1.82) is 0 Å². The maximum absolute atomic E-state index is 4.58. The number of thiophene rings is 1. The molecular formula is C55H48S. The quantitative estimate of drug-likeness (QED) is 0.149. The molecule has 0 N–H and O–H groups in total. The third-order valence-corrected chi connectivity index (χ3v) is 12.3. The Morgan fingerprint density at radius 3 is 2.32 bits per heavy atom. The van der Waals surface area contributed by atoms with Crippen LogP contribution < -0.4 is 0 Å². The van der Waals surface area contributed by atoms with Crippen LogP contribution in [0.1, 0.15) is 62.3 Å². The average molecular weight is 741 g/mol. The summed E-state index contributed by atoms with van der Waals surface area (Å²) < 4.78 is 2.70. The SMILES string of the molecule is C=C(/C=C\C=C\C/C=C1\C(=C/C)C(C)(C)c2ccc3cc4sc5ccccc5c4cc3c21)c1ccccccc(/C2=C/C=C\C/C=C\C=C/C2)c2ccccc12. The van der Waals surface area contributed by atoms with Gasteiger partial charge in [-0.2, -0.15) is 0 Å². The van der Waals surface area contributed by atoms with Crippen LogP contribution in [0.3, 0.4) is 0 Å². The highest BCUT2D eigenvalue weighted by Crippen LogP contribution is 2.53. The molecule has 0 unspecified atom stereocenters. The molecule has 2 aliphatic carbocycles. The standard InChI is InChI=1S/C55H48S/c1-5-50-47(54-48-38-49-46-32-23-24-34-52(46)56-53(49)37-41(48)35-36-51(54)55(50,3)4)33-20-12-11-15-25-39(2)42-28-18-13-14-19-29-43(45-31-22-21-30-44(42)45)40-26-16-9-7-6-8-10-17-27-40/h5-7,9-19,21-25,27-38H,2,8,20,26H2,1,3-4H3/b7-6-,12-11+,14-13?,16-9-,17-10-,18-13?,19-14?,25-15-,28-18?,29-19?,40-27+,42-28?,43-29?,44-42?,45-43?,47-33+,50-5+. The molecule has 1 heteroatoms. The van der Waals surface area contributed by atoms with Gasteiger partial charge in [-0.3, -0.25) is 0 Å². The van der Waals surface area contributed by atoms with Gasteiger partial charge in [-0.1, -0.05) is 190 Å². The molecule has 0 saturated carbocycles. The van der Waals surface area contributed by atoms with Crippen LogP contribution in [0.25, 0.3) is 58.4 Å². The third-order valence-electron chi connectivity index (χ3n) is 11.2. The highest BCUT2D eigenvalue weighted by molar-refractivity contribution is 7.25. The molecule has 56 heavy (non-hydrogen) atoms. The molecule has 274 valence electrons. The van der Waals surface area contributed by atoms with Gasteiger partial charge in [0, 0.05) is 25.6 Å². The highest BCUT2D eigenvalue weighted by Gasteiger charge is 2.38. The van der Waals surface area contributed by atoms with E-state index in [4.69, 9.17) is 0 Å². The number of allylic oxidation sites excluding steroid dienone is 17. The molecule has 0 radical (unpaired) electrons. The van der Waals surface area contributed by atoms with Crippen molar-refractivity contribution in [3.63, 3.8) is 0 Å². The van der Waals surface area contributed by atoms with Gasteiger partial charge in [-0.25, -0.2) is 0 Å². The first-order valence-corrected chi connectivity index (χ1v) is 20.6. The molecule has 0 saturated heterocycles. The van der Waals surface area contributed by atoms with Gasteiger partial charge in [-0.05, 0) is 110 Å². The van der Waals surface area contributed by atoms with Crippen molar-refractivity contribution in [1.82, 2.24) is 0 Å². The van der Waals surface area contributed by atoms with Crippen molar-refractivity contribution in [2.24, 2.45) is 0 Å². The summed E-state index contributed by atoms with van der Waals surface area (Å²) in [5.74, 6) is 0. The fraction of sp³-hybridized carbons (Fsp3) is 0.127. The van der Waals surface area contributed by atoms with Gasteiger partial charge in [-0.15, -0.1) is 11.3 Å². The van der Waals surface area contributed by atoms with Crippen LogP contribution in [0.4, 0.5) is 0 Å². The molecule has 0 aliphatic heterocycles. The molecule has 1 aromatic heterocycles. The maximum atomic E-state index is 4.58. The minimum atomic E-state index is -0.0641. The molecule has 0 nitrogen and oxygen atoms in total. The molecule has 8 rings (SSSR count). The Morgan fingerprint density at radius 1 is 0.714 bits per heavy atom. The first-order chi connectivity index (χ1) is 27.5. The van der Waals surface area contributed by atoms with E-state index in [1.807, 2.05) is 11.3 Å². The van der Waals surface area contributed by atoms with Crippen LogP contribution in [0, 0.1) is 0 Å². The number of hydrogen-bond acceptors (Lipinski definition) is 1. The largest absolute Gasteiger partial charge is 0.135 e. The summed E-state index contributed by atoms with van der Waals surface area (Å²) in [6.07, 6.45) is 31.4. The first kappa shape index (κ1) is 36.9. The summed E-state index contributed by atoms with van der Waals surface area (Å²) in [7, 11) is 0.